The lowest BCUT2D eigenvalue weighted by atomic mass is 10.2. The van der Waals surface area contributed by atoms with Crippen LogP contribution < -0.4 is 10.6 Å². The Bertz CT molecular complexity index is 764. The van der Waals surface area contributed by atoms with Crippen LogP contribution in [0.1, 0.15) is 11.1 Å². The predicted octanol–water partition coefficient (Wildman–Crippen LogP) is 2.23. The van der Waals surface area contributed by atoms with E-state index in [1.54, 1.807) is 25.4 Å². The van der Waals surface area contributed by atoms with Crippen molar-refractivity contribution in [3.8, 4) is 11.8 Å². The molecule has 1 amide bonds. The van der Waals surface area contributed by atoms with Crippen LogP contribution in [0.4, 0.5) is 5.69 Å². The van der Waals surface area contributed by atoms with E-state index in [0.717, 1.165) is 5.56 Å². The number of aryl methyl sites for hydroxylation is 1. The smallest absolute Gasteiger partial charge is 0.267 e. The molecule has 3 N–H and O–H groups in total. The fourth-order valence-electron chi connectivity index (χ4n) is 1.90. The molecule has 6 heteroatoms. The van der Waals surface area contributed by atoms with Crippen molar-refractivity contribution in [1.29, 1.82) is 5.26 Å². The van der Waals surface area contributed by atoms with Crippen molar-refractivity contribution in [1.82, 2.24) is 10.3 Å². The summed E-state index contributed by atoms with van der Waals surface area (Å²) in [6.45, 7) is 2.22. The molecule has 0 fully saturated rings. The Morgan fingerprint density at radius 3 is 2.91 bits per heavy atom. The third-order valence-corrected chi connectivity index (χ3v) is 3.10. The number of carbonyl (C=O) groups excluding carboxylic acids is 1. The summed E-state index contributed by atoms with van der Waals surface area (Å²) in [6, 6.07) is 10.2. The zero-order chi connectivity index (χ0) is 16.7. The van der Waals surface area contributed by atoms with Gasteiger partial charge >= 0.3 is 0 Å². The molecule has 0 bridgehead atoms. The second kappa shape index (κ2) is 7.61. The molecule has 0 saturated heterocycles. The number of carbonyl (C=O) groups is 1. The summed E-state index contributed by atoms with van der Waals surface area (Å²) in [5.41, 5.74) is 2.15. The molecule has 0 aliphatic rings. The van der Waals surface area contributed by atoms with E-state index in [2.05, 4.69) is 15.6 Å². The Hall–Kier alpha value is -3.33. The van der Waals surface area contributed by atoms with Gasteiger partial charge in [-0.25, -0.2) is 0 Å². The number of anilines is 1. The minimum absolute atomic E-state index is 0.0404. The number of amides is 1. The van der Waals surface area contributed by atoms with Crippen molar-refractivity contribution in [2.45, 2.75) is 13.5 Å². The first kappa shape index (κ1) is 16.0. The highest BCUT2D eigenvalue weighted by Gasteiger charge is 2.10. The number of nitriles is 1. The number of benzene rings is 1. The average molecular weight is 308 g/mol. The van der Waals surface area contributed by atoms with E-state index in [1.165, 1.54) is 18.3 Å². The van der Waals surface area contributed by atoms with Crippen molar-refractivity contribution in [3.63, 3.8) is 0 Å². The molecule has 2 rings (SSSR count). The van der Waals surface area contributed by atoms with Gasteiger partial charge in [0.15, 0.2) is 0 Å². The lowest BCUT2D eigenvalue weighted by Crippen LogP contribution is -2.17. The van der Waals surface area contributed by atoms with Gasteiger partial charge < -0.3 is 15.7 Å². The molecular weight excluding hydrogens is 292 g/mol. The summed E-state index contributed by atoms with van der Waals surface area (Å²) in [7, 11) is 0. The van der Waals surface area contributed by atoms with E-state index < -0.39 is 5.91 Å². The minimum atomic E-state index is -0.514. The van der Waals surface area contributed by atoms with Crippen LogP contribution in [0.25, 0.3) is 0 Å². The summed E-state index contributed by atoms with van der Waals surface area (Å²) in [6.07, 6.45) is 4.75. The van der Waals surface area contributed by atoms with E-state index in [1.807, 2.05) is 18.2 Å². The SMILES string of the molecule is Cc1cc(O)ccc1NC(=O)/C(C#N)=C\NCc1cccnc1. The number of phenolic OH excluding ortho intramolecular Hbond substituents is 1. The quantitative estimate of drug-likeness (QED) is 0.447. The molecule has 1 aromatic heterocycles. The second-order valence-electron chi connectivity index (χ2n) is 4.87. The first-order chi connectivity index (χ1) is 11.1. The van der Waals surface area contributed by atoms with Crippen molar-refractivity contribution < 1.29 is 9.90 Å². The maximum atomic E-state index is 12.1. The Morgan fingerprint density at radius 1 is 1.43 bits per heavy atom. The number of nitrogens with zero attached hydrogens (tertiary/aromatic N) is 2. The topological polar surface area (TPSA) is 98.0 Å². The van der Waals surface area contributed by atoms with Crippen LogP contribution in [0.3, 0.4) is 0 Å². The van der Waals surface area contributed by atoms with Gasteiger partial charge in [0, 0.05) is 30.8 Å². The van der Waals surface area contributed by atoms with Gasteiger partial charge in [-0.2, -0.15) is 5.26 Å². The fraction of sp³-hybridized carbons (Fsp3) is 0.118. The van der Waals surface area contributed by atoms with Gasteiger partial charge in [0.05, 0.1) is 0 Å². The van der Waals surface area contributed by atoms with Crippen LogP contribution in [-0.2, 0) is 11.3 Å². The Kier molecular flexibility index (Phi) is 5.31. The molecule has 116 valence electrons. The summed E-state index contributed by atoms with van der Waals surface area (Å²) in [5.74, 6) is -0.394. The molecule has 0 spiro atoms. The number of hydrogen-bond acceptors (Lipinski definition) is 5. The monoisotopic (exact) mass is 308 g/mol. The molecule has 23 heavy (non-hydrogen) atoms. The van der Waals surface area contributed by atoms with Gasteiger partial charge in [0.25, 0.3) is 5.91 Å². The van der Waals surface area contributed by atoms with E-state index in [9.17, 15) is 9.90 Å². The van der Waals surface area contributed by atoms with Crippen molar-refractivity contribution >= 4 is 11.6 Å². The van der Waals surface area contributed by atoms with E-state index in [0.29, 0.717) is 17.8 Å². The third kappa shape index (κ3) is 4.58. The molecule has 2 aromatic rings. The number of aromatic hydroxyl groups is 1. The Morgan fingerprint density at radius 2 is 2.26 bits per heavy atom. The van der Waals surface area contributed by atoms with Gasteiger partial charge in [-0.05, 0) is 42.3 Å². The maximum Gasteiger partial charge on any atom is 0.267 e. The lowest BCUT2D eigenvalue weighted by molar-refractivity contribution is -0.112. The highest BCUT2D eigenvalue weighted by Crippen LogP contribution is 2.20. The highest BCUT2D eigenvalue weighted by atomic mass is 16.3. The van der Waals surface area contributed by atoms with Gasteiger partial charge in [0.2, 0.25) is 0 Å². The van der Waals surface area contributed by atoms with Gasteiger partial charge in [0.1, 0.15) is 17.4 Å². The molecule has 1 heterocycles. The molecule has 1 aromatic carbocycles. The van der Waals surface area contributed by atoms with Gasteiger partial charge in [-0.1, -0.05) is 6.07 Å². The maximum absolute atomic E-state index is 12.1. The standard InChI is InChI=1S/C17H16N4O2/c1-12-7-15(22)4-5-16(12)21-17(23)14(8-18)11-20-10-13-3-2-6-19-9-13/h2-7,9,11,20,22H,10H2,1H3,(H,21,23)/b14-11-. The second-order valence-corrected chi connectivity index (χ2v) is 4.87. The third-order valence-electron chi connectivity index (χ3n) is 3.10. The summed E-state index contributed by atoms with van der Waals surface area (Å²) >= 11 is 0. The number of pyridine rings is 1. The van der Waals surface area contributed by atoms with Crippen molar-refractivity contribution in [2.24, 2.45) is 0 Å². The van der Waals surface area contributed by atoms with Crippen LogP contribution in [0.2, 0.25) is 0 Å². The fourth-order valence-corrected chi connectivity index (χ4v) is 1.90. The molecule has 0 saturated carbocycles. The molecule has 6 nitrogen and oxygen atoms in total. The number of nitrogens with one attached hydrogen (secondary N) is 2. The van der Waals surface area contributed by atoms with Crippen LogP contribution in [0.5, 0.6) is 5.75 Å². The van der Waals surface area contributed by atoms with E-state index >= 15 is 0 Å². The predicted molar refractivity (Wildman–Crippen MR) is 86.2 cm³/mol. The summed E-state index contributed by atoms with van der Waals surface area (Å²) in [5, 5.41) is 24.0. The van der Waals surface area contributed by atoms with Crippen molar-refractivity contribution in [2.75, 3.05) is 5.32 Å². The largest absolute Gasteiger partial charge is 0.508 e. The first-order valence-electron chi connectivity index (χ1n) is 6.93. The van der Waals surface area contributed by atoms with Crippen molar-refractivity contribution in [3.05, 3.63) is 65.6 Å². The number of aromatic nitrogens is 1. The molecule has 0 unspecified atom stereocenters. The summed E-state index contributed by atoms with van der Waals surface area (Å²) < 4.78 is 0. The molecular formula is C17H16N4O2. The van der Waals surface area contributed by atoms with Crippen LogP contribution in [0.15, 0.2) is 54.5 Å². The first-order valence-corrected chi connectivity index (χ1v) is 6.93. The highest BCUT2D eigenvalue weighted by molar-refractivity contribution is 6.06. The van der Waals surface area contributed by atoms with Crippen LogP contribution >= 0.6 is 0 Å². The molecule has 0 aliphatic carbocycles. The minimum Gasteiger partial charge on any atom is -0.508 e. The van der Waals surface area contributed by atoms with Crippen LogP contribution in [-0.4, -0.2) is 16.0 Å². The Labute approximate surface area is 134 Å². The Balaban J connectivity index is 2.00. The normalized spacial score (nSPS) is 10.7. The summed E-state index contributed by atoms with van der Waals surface area (Å²) in [4.78, 5) is 16.1. The zero-order valence-electron chi connectivity index (χ0n) is 12.6. The zero-order valence-corrected chi connectivity index (χ0v) is 12.6. The van der Waals surface area contributed by atoms with E-state index in [4.69, 9.17) is 5.26 Å². The molecule has 0 radical (unpaired) electrons. The van der Waals surface area contributed by atoms with Gasteiger partial charge in [-0.3, -0.25) is 9.78 Å². The van der Waals surface area contributed by atoms with Gasteiger partial charge in [-0.15, -0.1) is 0 Å². The molecule has 0 atom stereocenters. The molecule has 0 aliphatic heterocycles. The number of rotatable bonds is 5. The lowest BCUT2D eigenvalue weighted by Gasteiger charge is -2.08. The van der Waals surface area contributed by atoms with Crippen LogP contribution in [0, 0.1) is 18.3 Å². The van der Waals surface area contributed by atoms with E-state index in [-0.39, 0.29) is 11.3 Å². The average Bonchev–Trinajstić information content (AvgIpc) is 2.55. The number of phenols is 1. The number of hydrogen-bond donors (Lipinski definition) is 3.